The highest BCUT2D eigenvalue weighted by atomic mass is 35.5. The van der Waals surface area contributed by atoms with Crippen molar-refractivity contribution in [1.82, 2.24) is 20.1 Å². The zero-order valence-electron chi connectivity index (χ0n) is 13.5. The topological polar surface area (TPSA) is 59.8 Å². The molecular formula is C16H21ClN4OS. The molecule has 23 heavy (non-hydrogen) atoms. The van der Waals surface area contributed by atoms with Crippen LogP contribution in [0.15, 0.2) is 29.4 Å². The average Bonchev–Trinajstić information content (AvgIpc) is 2.87. The molecule has 5 nitrogen and oxygen atoms in total. The molecule has 0 aliphatic carbocycles. The highest BCUT2D eigenvalue weighted by molar-refractivity contribution is 7.99. The van der Waals surface area contributed by atoms with Crippen molar-refractivity contribution in [2.24, 2.45) is 7.05 Å². The van der Waals surface area contributed by atoms with E-state index in [1.54, 1.807) is 0 Å². The van der Waals surface area contributed by atoms with Gasteiger partial charge in [0.1, 0.15) is 0 Å². The van der Waals surface area contributed by atoms with Crippen molar-refractivity contribution in [2.75, 3.05) is 5.75 Å². The van der Waals surface area contributed by atoms with Gasteiger partial charge in [0.15, 0.2) is 11.0 Å². The Hall–Kier alpha value is -1.53. The number of halogens is 1. The smallest absolute Gasteiger partial charge is 0.230 e. The fourth-order valence-corrected chi connectivity index (χ4v) is 3.21. The van der Waals surface area contributed by atoms with E-state index in [9.17, 15) is 4.79 Å². The monoisotopic (exact) mass is 352 g/mol. The predicted octanol–water partition coefficient (Wildman–Crippen LogP) is 3.53. The maximum absolute atomic E-state index is 11.9. The SMILES string of the molecule is CCC[C@H](C)NC(=O)CSc1nnc(-c2ccccc2Cl)n1C. The van der Waals surface area contributed by atoms with Gasteiger partial charge in [0.2, 0.25) is 5.91 Å². The molecule has 2 rings (SSSR count). The molecule has 0 aliphatic rings. The van der Waals surface area contributed by atoms with Gasteiger partial charge in [0.05, 0.1) is 10.8 Å². The number of rotatable bonds is 7. The Kier molecular flexibility index (Phi) is 6.47. The summed E-state index contributed by atoms with van der Waals surface area (Å²) >= 11 is 7.57. The lowest BCUT2D eigenvalue weighted by atomic mass is 10.2. The highest BCUT2D eigenvalue weighted by Crippen LogP contribution is 2.28. The zero-order valence-corrected chi connectivity index (χ0v) is 15.1. The van der Waals surface area contributed by atoms with Crippen molar-refractivity contribution in [3.8, 4) is 11.4 Å². The Morgan fingerprint density at radius 3 is 2.83 bits per heavy atom. The second-order valence-electron chi connectivity index (χ2n) is 5.39. The van der Waals surface area contributed by atoms with Crippen LogP contribution in [0.1, 0.15) is 26.7 Å². The maximum atomic E-state index is 11.9. The molecule has 0 radical (unpaired) electrons. The van der Waals surface area contributed by atoms with Crippen LogP contribution in [0, 0.1) is 0 Å². The summed E-state index contributed by atoms with van der Waals surface area (Å²) in [6.45, 7) is 4.12. The standard InChI is InChI=1S/C16H21ClN4OS/c1-4-7-11(2)18-14(22)10-23-16-20-19-15(21(16)3)12-8-5-6-9-13(12)17/h5-6,8-9,11H,4,7,10H2,1-3H3,(H,18,22)/t11-/m0/s1. The lowest BCUT2D eigenvalue weighted by molar-refractivity contribution is -0.119. The molecule has 124 valence electrons. The van der Waals surface area contributed by atoms with Gasteiger partial charge in [-0.1, -0.05) is 48.8 Å². The van der Waals surface area contributed by atoms with E-state index >= 15 is 0 Å². The Balaban J connectivity index is 2.00. The van der Waals surface area contributed by atoms with Crippen molar-refractivity contribution in [1.29, 1.82) is 0 Å². The minimum absolute atomic E-state index is 0.0123. The molecule has 2 aromatic rings. The number of hydrogen-bond acceptors (Lipinski definition) is 4. The number of aromatic nitrogens is 3. The van der Waals surface area contributed by atoms with Gasteiger partial charge in [-0.15, -0.1) is 10.2 Å². The summed E-state index contributed by atoms with van der Waals surface area (Å²) in [6, 6.07) is 7.71. The molecule has 0 bridgehead atoms. The summed E-state index contributed by atoms with van der Waals surface area (Å²) in [5, 5.41) is 12.7. The Morgan fingerprint density at radius 2 is 2.13 bits per heavy atom. The number of nitrogens with one attached hydrogen (secondary N) is 1. The van der Waals surface area contributed by atoms with Gasteiger partial charge in [-0.2, -0.15) is 0 Å². The maximum Gasteiger partial charge on any atom is 0.230 e. The van der Waals surface area contributed by atoms with Crippen molar-refractivity contribution in [3.63, 3.8) is 0 Å². The summed E-state index contributed by atoms with van der Waals surface area (Å²) in [6.07, 6.45) is 2.04. The molecule has 0 unspecified atom stereocenters. The highest BCUT2D eigenvalue weighted by Gasteiger charge is 2.15. The van der Waals surface area contributed by atoms with Gasteiger partial charge in [0.25, 0.3) is 0 Å². The van der Waals surface area contributed by atoms with E-state index in [2.05, 4.69) is 22.4 Å². The van der Waals surface area contributed by atoms with Crippen LogP contribution in [-0.2, 0) is 11.8 Å². The van der Waals surface area contributed by atoms with Gasteiger partial charge in [0, 0.05) is 18.7 Å². The van der Waals surface area contributed by atoms with Crippen LogP contribution in [0.3, 0.4) is 0 Å². The third kappa shape index (κ3) is 4.72. The summed E-state index contributed by atoms with van der Waals surface area (Å²) in [7, 11) is 1.87. The number of thioether (sulfide) groups is 1. The van der Waals surface area contributed by atoms with E-state index in [1.807, 2.05) is 42.8 Å². The van der Waals surface area contributed by atoms with E-state index in [0.29, 0.717) is 21.8 Å². The van der Waals surface area contributed by atoms with E-state index in [0.717, 1.165) is 18.4 Å². The summed E-state index contributed by atoms with van der Waals surface area (Å²) in [5.41, 5.74) is 0.831. The van der Waals surface area contributed by atoms with Crippen LogP contribution in [-0.4, -0.2) is 32.5 Å². The fourth-order valence-electron chi connectivity index (χ4n) is 2.27. The lowest BCUT2D eigenvalue weighted by Crippen LogP contribution is -2.33. The van der Waals surface area contributed by atoms with E-state index in [-0.39, 0.29) is 11.9 Å². The number of amides is 1. The Morgan fingerprint density at radius 1 is 1.39 bits per heavy atom. The first-order valence-electron chi connectivity index (χ1n) is 7.59. The molecule has 0 saturated carbocycles. The molecule has 1 aromatic heterocycles. The minimum atomic E-state index is 0.0123. The van der Waals surface area contributed by atoms with Crippen molar-refractivity contribution < 1.29 is 4.79 Å². The number of nitrogens with zero attached hydrogens (tertiary/aromatic N) is 3. The quantitative estimate of drug-likeness (QED) is 0.774. The minimum Gasteiger partial charge on any atom is -0.353 e. The van der Waals surface area contributed by atoms with Crippen LogP contribution in [0.2, 0.25) is 5.02 Å². The number of hydrogen-bond donors (Lipinski definition) is 1. The van der Waals surface area contributed by atoms with Crippen LogP contribution in [0.25, 0.3) is 11.4 Å². The second kappa shape index (κ2) is 8.36. The number of carbonyl (C=O) groups is 1. The van der Waals surface area contributed by atoms with Crippen LogP contribution in [0.5, 0.6) is 0 Å². The molecule has 0 saturated heterocycles. The Bertz CT molecular complexity index is 674. The first-order chi connectivity index (χ1) is 11.0. The van der Waals surface area contributed by atoms with Crippen molar-refractivity contribution in [2.45, 2.75) is 37.9 Å². The summed E-state index contributed by atoms with van der Waals surface area (Å²) < 4.78 is 1.86. The first-order valence-corrected chi connectivity index (χ1v) is 8.95. The van der Waals surface area contributed by atoms with Crippen molar-refractivity contribution in [3.05, 3.63) is 29.3 Å². The molecule has 1 N–H and O–H groups in total. The van der Waals surface area contributed by atoms with Crippen LogP contribution >= 0.6 is 23.4 Å². The normalized spacial score (nSPS) is 12.2. The van der Waals surface area contributed by atoms with Crippen LogP contribution in [0.4, 0.5) is 0 Å². The van der Waals surface area contributed by atoms with Gasteiger partial charge < -0.3 is 9.88 Å². The van der Waals surface area contributed by atoms with Gasteiger partial charge in [-0.25, -0.2) is 0 Å². The molecule has 7 heteroatoms. The van der Waals surface area contributed by atoms with Gasteiger partial charge >= 0.3 is 0 Å². The Labute approximate surface area is 145 Å². The molecule has 1 atom stereocenters. The van der Waals surface area contributed by atoms with Crippen LogP contribution < -0.4 is 5.32 Å². The summed E-state index contributed by atoms with van der Waals surface area (Å²) in [4.78, 5) is 11.9. The first kappa shape index (κ1) is 17.8. The van der Waals surface area contributed by atoms with E-state index < -0.39 is 0 Å². The van der Waals surface area contributed by atoms with E-state index in [1.165, 1.54) is 11.8 Å². The molecule has 1 amide bonds. The third-order valence-electron chi connectivity index (χ3n) is 3.41. The predicted molar refractivity (Wildman–Crippen MR) is 94.7 cm³/mol. The molecule has 1 aromatic carbocycles. The van der Waals surface area contributed by atoms with Crippen molar-refractivity contribution >= 4 is 29.3 Å². The second-order valence-corrected chi connectivity index (χ2v) is 6.74. The van der Waals surface area contributed by atoms with Gasteiger partial charge in [-0.3, -0.25) is 4.79 Å². The molecule has 0 fully saturated rings. The molecular weight excluding hydrogens is 332 g/mol. The largest absolute Gasteiger partial charge is 0.353 e. The van der Waals surface area contributed by atoms with E-state index in [4.69, 9.17) is 11.6 Å². The zero-order chi connectivity index (χ0) is 16.8. The molecule has 0 aliphatic heterocycles. The average molecular weight is 353 g/mol. The summed E-state index contributed by atoms with van der Waals surface area (Å²) in [5.74, 6) is 1.03. The fraction of sp³-hybridized carbons (Fsp3) is 0.438. The van der Waals surface area contributed by atoms with Gasteiger partial charge in [-0.05, 0) is 25.5 Å². The lowest BCUT2D eigenvalue weighted by Gasteiger charge is -2.12. The molecule has 1 heterocycles. The third-order valence-corrected chi connectivity index (χ3v) is 4.76. The number of carbonyl (C=O) groups excluding carboxylic acids is 1. The molecule has 0 spiro atoms. The number of benzene rings is 1.